The molecule has 2 rings (SSSR count). The van der Waals surface area contributed by atoms with E-state index in [1.807, 2.05) is 16.7 Å². The molecule has 4 nitrogen and oxygen atoms in total. The maximum absolute atomic E-state index is 12.0. The second-order valence-corrected chi connectivity index (χ2v) is 6.69. The van der Waals surface area contributed by atoms with Crippen LogP contribution in [0.1, 0.15) is 26.3 Å². The average Bonchev–Trinajstić information content (AvgIpc) is 2.74. The fourth-order valence-corrected chi connectivity index (χ4v) is 2.24. The molecule has 1 amide bonds. The van der Waals surface area contributed by atoms with Gasteiger partial charge in [-0.2, -0.15) is 0 Å². The van der Waals surface area contributed by atoms with Crippen molar-refractivity contribution < 1.29 is 4.79 Å². The van der Waals surface area contributed by atoms with Gasteiger partial charge in [-0.1, -0.05) is 18.2 Å². The number of carbonyl (C=O) groups is 1. The highest BCUT2D eigenvalue weighted by molar-refractivity contribution is 5.86. The van der Waals surface area contributed by atoms with Crippen LogP contribution >= 0.6 is 0 Å². The number of hydrogen-bond acceptors (Lipinski definition) is 2. The molecule has 0 unspecified atom stereocenters. The maximum Gasteiger partial charge on any atom is 0.241 e. The van der Waals surface area contributed by atoms with Gasteiger partial charge in [-0.3, -0.25) is 4.79 Å². The van der Waals surface area contributed by atoms with Crippen LogP contribution in [0.25, 0.3) is 10.9 Å². The van der Waals surface area contributed by atoms with E-state index in [9.17, 15) is 4.79 Å². The van der Waals surface area contributed by atoms with Gasteiger partial charge in [-0.15, -0.1) is 0 Å². The van der Waals surface area contributed by atoms with Gasteiger partial charge in [0.25, 0.3) is 0 Å². The largest absolute Gasteiger partial charge is 0.347 e. The second kappa shape index (κ2) is 5.90. The minimum absolute atomic E-state index is 0.0721. The predicted molar refractivity (Wildman–Crippen MR) is 87.2 cm³/mol. The maximum atomic E-state index is 12.0. The number of rotatable bonds is 4. The van der Waals surface area contributed by atoms with Gasteiger partial charge in [-0.05, 0) is 32.4 Å². The van der Waals surface area contributed by atoms with Crippen LogP contribution in [-0.2, 0) is 17.9 Å². The first kappa shape index (κ1) is 15.6. The number of likely N-dealkylation sites (N-methyl/N-ethyl adjacent to an activating group) is 1. The average molecular weight is 287 g/mol. The Morgan fingerprint density at radius 3 is 2.52 bits per heavy atom. The molecular weight excluding hydrogens is 262 g/mol. The number of nitrogens with zero attached hydrogens (tertiary/aromatic N) is 2. The van der Waals surface area contributed by atoms with Gasteiger partial charge < -0.3 is 14.8 Å². The van der Waals surface area contributed by atoms with Crippen LogP contribution < -0.4 is 5.32 Å². The first-order chi connectivity index (χ1) is 9.78. The highest BCUT2D eigenvalue weighted by Gasteiger charge is 2.14. The van der Waals surface area contributed by atoms with Gasteiger partial charge in [0, 0.05) is 43.3 Å². The zero-order valence-corrected chi connectivity index (χ0v) is 13.6. The summed E-state index contributed by atoms with van der Waals surface area (Å²) in [6, 6.07) is 8.24. The summed E-state index contributed by atoms with van der Waals surface area (Å²) in [5.41, 5.74) is 2.41. The van der Waals surface area contributed by atoms with Gasteiger partial charge >= 0.3 is 0 Å². The summed E-state index contributed by atoms with van der Waals surface area (Å²) in [6.07, 6.45) is 2.09. The topological polar surface area (TPSA) is 37.3 Å². The minimum atomic E-state index is 0.0721. The molecule has 0 bridgehead atoms. The highest BCUT2D eigenvalue weighted by Crippen LogP contribution is 2.22. The zero-order chi connectivity index (χ0) is 15.6. The Hall–Kier alpha value is -1.81. The molecule has 0 spiro atoms. The van der Waals surface area contributed by atoms with E-state index in [1.165, 1.54) is 10.9 Å². The molecule has 0 atom stereocenters. The van der Waals surface area contributed by atoms with Crippen molar-refractivity contribution >= 4 is 16.8 Å². The van der Waals surface area contributed by atoms with Gasteiger partial charge in [-0.25, -0.2) is 0 Å². The van der Waals surface area contributed by atoms with Crippen molar-refractivity contribution in [2.75, 3.05) is 14.1 Å². The molecule has 0 saturated carbocycles. The Morgan fingerprint density at radius 1 is 1.24 bits per heavy atom. The van der Waals surface area contributed by atoms with E-state index in [0.29, 0.717) is 6.54 Å². The van der Waals surface area contributed by atoms with E-state index in [4.69, 9.17) is 0 Å². The number of aromatic nitrogens is 1. The Bertz CT molecular complexity index is 635. The smallest absolute Gasteiger partial charge is 0.241 e. The third kappa shape index (κ3) is 3.85. The van der Waals surface area contributed by atoms with E-state index in [-0.39, 0.29) is 11.4 Å². The number of hydrogen-bond donors (Lipinski definition) is 1. The van der Waals surface area contributed by atoms with E-state index in [1.54, 1.807) is 19.0 Å². The molecular formula is C17H25N3O. The lowest BCUT2D eigenvalue weighted by Gasteiger charge is -2.20. The summed E-state index contributed by atoms with van der Waals surface area (Å²) in [4.78, 5) is 13.6. The van der Waals surface area contributed by atoms with Gasteiger partial charge in [0.05, 0.1) is 0 Å². The van der Waals surface area contributed by atoms with E-state index in [0.717, 1.165) is 12.1 Å². The molecule has 114 valence electrons. The molecule has 0 aliphatic rings. The SMILES string of the molecule is CN(C)C(=O)Cn1cc(CNC(C)(C)C)c2ccccc21. The first-order valence-corrected chi connectivity index (χ1v) is 7.30. The third-order valence-corrected chi connectivity index (χ3v) is 3.48. The van der Waals surface area contributed by atoms with Gasteiger partial charge in [0.2, 0.25) is 5.91 Å². The minimum Gasteiger partial charge on any atom is -0.347 e. The summed E-state index contributed by atoms with van der Waals surface area (Å²) in [6.45, 7) is 7.64. The standard InChI is InChI=1S/C17H25N3O/c1-17(2,3)18-10-13-11-20(12-16(21)19(4)5)15-9-7-6-8-14(13)15/h6-9,11,18H,10,12H2,1-5H3. The molecule has 0 saturated heterocycles. The number of benzene rings is 1. The molecule has 2 aromatic rings. The molecule has 1 aromatic heterocycles. The lowest BCUT2D eigenvalue weighted by atomic mass is 10.1. The lowest BCUT2D eigenvalue weighted by molar-refractivity contribution is -0.129. The van der Waals surface area contributed by atoms with Crippen LogP contribution in [0.5, 0.6) is 0 Å². The van der Waals surface area contributed by atoms with Crippen molar-refractivity contribution in [3.05, 3.63) is 36.0 Å². The van der Waals surface area contributed by atoms with Crippen LogP contribution in [0.2, 0.25) is 0 Å². The Balaban J connectivity index is 2.32. The summed E-state index contributed by atoms with van der Waals surface area (Å²) >= 11 is 0. The van der Waals surface area contributed by atoms with Crippen LogP contribution in [0.4, 0.5) is 0 Å². The molecule has 4 heteroatoms. The van der Waals surface area contributed by atoms with Crippen LogP contribution in [0.15, 0.2) is 30.5 Å². The number of amides is 1. The Kier molecular flexibility index (Phi) is 4.37. The molecule has 0 fully saturated rings. The predicted octanol–water partition coefficient (Wildman–Crippen LogP) is 2.62. The highest BCUT2D eigenvalue weighted by atomic mass is 16.2. The van der Waals surface area contributed by atoms with Crippen LogP contribution in [0.3, 0.4) is 0 Å². The molecule has 1 N–H and O–H groups in total. The van der Waals surface area contributed by atoms with Crippen molar-refractivity contribution in [2.45, 2.75) is 39.4 Å². The quantitative estimate of drug-likeness (QED) is 0.938. The van der Waals surface area contributed by atoms with Crippen molar-refractivity contribution in [1.29, 1.82) is 0 Å². The number of fused-ring (bicyclic) bond motifs is 1. The fraction of sp³-hybridized carbons (Fsp3) is 0.471. The normalized spacial score (nSPS) is 11.9. The summed E-state index contributed by atoms with van der Waals surface area (Å²) in [5.74, 6) is 0.103. The number of carbonyl (C=O) groups excluding carboxylic acids is 1. The molecule has 0 radical (unpaired) electrons. The third-order valence-electron chi connectivity index (χ3n) is 3.48. The molecule has 0 aliphatic heterocycles. The van der Waals surface area contributed by atoms with Gasteiger partial charge in [0.15, 0.2) is 0 Å². The van der Waals surface area contributed by atoms with Gasteiger partial charge in [0.1, 0.15) is 6.54 Å². The lowest BCUT2D eigenvalue weighted by Crippen LogP contribution is -2.35. The monoisotopic (exact) mass is 287 g/mol. The van der Waals surface area contributed by atoms with E-state index >= 15 is 0 Å². The van der Waals surface area contributed by atoms with Crippen molar-refractivity contribution in [3.8, 4) is 0 Å². The second-order valence-electron chi connectivity index (χ2n) is 6.69. The number of para-hydroxylation sites is 1. The molecule has 1 aromatic carbocycles. The number of nitrogens with one attached hydrogen (secondary N) is 1. The van der Waals surface area contributed by atoms with Crippen LogP contribution in [0, 0.1) is 0 Å². The summed E-state index contributed by atoms with van der Waals surface area (Å²) in [5, 5.41) is 4.72. The fourth-order valence-electron chi connectivity index (χ4n) is 2.24. The molecule has 21 heavy (non-hydrogen) atoms. The molecule has 0 aliphatic carbocycles. The van der Waals surface area contributed by atoms with Crippen molar-refractivity contribution in [3.63, 3.8) is 0 Å². The van der Waals surface area contributed by atoms with E-state index < -0.39 is 0 Å². The molecule has 1 heterocycles. The first-order valence-electron chi connectivity index (χ1n) is 7.30. The van der Waals surface area contributed by atoms with E-state index in [2.05, 4.69) is 44.4 Å². The summed E-state index contributed by atoms with van der Waals surface area (Å²) in [7, 11) is 3.58. The van der Waals surface area contributed by atoms with Crippen molar-refractivity contribution in [2.24, 2.45) is 0 Å². The van der Waals surface area contributed by atoms with Crippen LogP contribution in [-0.4, -0.2) is 35.0 Å². The zero-order valence-electron chi connectivity index (χ0n) is 13.6. The Labute approximate surface area is 126 Å². The summed E-state index contributed by atoms with van der Waals surface area (Å²) < 4.78 is 2.04. The van der Waals surface area contributed by atoms with Crippen molar-refractivity contribution in [1.82, 2.24) is 14.8 Å². The Morgan fingerprint density at radius 2 is 1.90 bits per heavy atom.